The topological polar surface area (TPSA) is 37.3 Å². The molecule has 0 radical (unpaired) electrons. The molecule has 0 amide bonds. The van der Waals surface area contributed by atoms with E-state index in [9.17, 15) is 4.79 Å². The molecule has 1 unspecified atom stereocenters. The van der Waals surface area contributed by atoms with Crippen LogP contribution in [0.1, 0.15) is 12.8 Å². The maximum absolute atomic E-state index is 10.9. The average Bonchev–Trinajstić information content (AvgIpc) is 2.66. The Morgan fingerprint density at radius 1 is 1.44 bits per heavy atom. The molecule has 1 N–H and O–H groups in total. The first-order chi connectivity index (χ1) is 7.70. The van der Waals surface area contributed by atoms with Crippen molar-refractivity contribution >= 4 is 29.5 Å². The van der Waals surface area contributed by atoms with Crippen molar-refractivity contribution in [2.24, 2.45) is 0 Å². The molecule has 2 nitrogen and oxygen atoms in total. The summed E-state index contributed by atoms with van der Waals surface area (Å²) in [6.45, 7) is 0. The normalized spacial score (nSPS) is 23.5. The van der Waals surface area contributed by atoms with Gasteiger partial charge in [0.1, 0.15) is 0 Å². The Labute approximate surface area is 103 Å². The number of hydrogen-bond donors (Lipinski definition) is 1. The molecule has 0 aromatic heterocycles. The van der Waals surface area contributed by atoms with E-state index >= 15 is 0 Å². The van der Waals surface area contributed by atoms with Crippen molar-refractivity contribution < 1.29 is 9.90 Å². The highest BCUT2D eigenvalue weighted by molar-refractivity contribution is 8.19. The zero-order valence-electron chi connectivity index (χ0n) is 8.63. The lowest BCUT2D eigenvalue weighted by Gasteiger charge is -2.25. The zero-order valence-corrected chi connectivity index (χ0v) is 10.3. The number of carbonyl (C=O) groups is 1. The third kappa shape index (κ3) is 2.83. The number of aliphatic carboxylic acids is 1. The fourth-order valence-corrected chi connectivity index (χ4v) is 4.18. The van der Waals surface area contributed by atoms with Gasteiger partial charge in [0.2, 0.25) is 0 Å². The first kappa shape index (κ1) is 11.6. The summed E-state index contributed by atoms with van der Waals surface area (Å²) in [5.74, 6) is -0.736. The maximum Gasteiger partial charge on any atom is 0.305 e. The number of allylic oxidation sites excluding steroid dienone is 1. The minimum absolute atomic E-state index is 0.185. The Hall–Kier alpha value is -0.870. The molecular weight excluding hydrogens is 240 g/mol. The molecule has 1 aliphatic heterocycles. The monoisotopic (exact) mass is 252 g/mol. The lowest BCUT2D eigenvalue weighted by Crippen LogP contribution is -2.21. The Morgan fingerprint density at radius 2 is 2.19 bits per heavy atom. The van der Waals surface area contributed by atoms with Gasteiger partial charge in [-0.2, -0.15) is 0 Å². The van der Waals surface area contributed by atoms with E-state index in [2.05, 4.69) is 0 Å². The van der Waals surface area contributed by atoms with Gasteiger partial charge in [-0.05, 0) is 24.0 Å². The van der Waals surface area contributed by atoms with Gasteiger partial charge in [-0.3, -0.25) is 4.79 Å². The van der Waals surface area contributed by atoms with Crippen molar-refractivity contribution in [2.75, 3.05) is 0 Å². The minimum Gasteiger partial charge on any atom is -0.481 e. The van der Waals surface area contributed by atoms with E-state index in [1.54, 1.807) is 23.5 Å². The van der Waals surface area contributed by atoms with Crippen LogP contribution in [-0.2, 0) is 4.79 Å². The highest BCUT2D eigenvalue weighted by Crippen LogP contribution is 2.51. The third-order valence-corrected chi connectivity index (χ3v) is 5.07. The predicted octanol–water partition coefficient (Wildman–Crippen LogP) is 3.60. The molecule has 0 bridgehead atoms. The largest absolute Gasteiger partial charge is 0.481 e. The molecule has 1 aromatic carbocycles. The van der Waals surface area contributed by atoms with Gasteiger partial charge < -0.3 is 5.11 Å². The molecule has 1 atom stereocenters. The van der Waals surface area contributed by atoms with E-state index in [4.69, 9.17) is 5.11 Å². The molecule has 0 spiro atoms. The van der Waals surface area contributed by atoms with Gasteiger partial charge in [-0.25, -0.2) is 0 Å². The van der Waals surface area contributed by atoms with Crippen LogP contribution in [0, 0.1) is 0 Å². The lowest BCUT2D eigenvalue weighted by molar-refractivity contribution is -0.137. The quantitative estimate of drug-likeness (QED) is 0.888. The summed E-state index contributed by atoms with van der Waals surface area (Å²) in [6.07, 6.45) is 3.04. The predicted molar refractivity (Wildman–Crippen MR) is 68.6 cm³/mol. The first-order valence-corrected chi connectivity index (χ1v) is 6.68. The van der Waals surface area contributed by atoms with Crippen LogP contribution in [0.2, 0.25) is 0 Å². The molecule has 2 rings (SSSR count). The molecular formula is C12H12O2S2. The van der Waals surface area contributed by atoms with Gasteiger partial charge >= 0.3 is 5.97 Å². The van der Waals surface area contributed by atoms with E-state index in [0.29, 0.717) is 0 Å². The first-order valence-electron chi connectivity index (χ1n) is 4.99. The van der Waals surface area contributed by atoms with Crippen molar-refractivity contribution in [3.8, 4) is 0 Å². The van der Waals surface area contributed by atoms with Crippen molar-refractivity contribution in [3.63, 3.8) is 0 Å². The lowest BCUT2D eigenvalue weighted by atomic mass is 10.2. The molecule has 0 fully saturated rings. The standard InChI is InChI=1S/C12H12O2S2/c13-11(14)9-12(7-4-8-15-12)16-10-5-2-1-3-6-10/h1-6,8H,7,9H2,(H,13,14). The Morgan fingerprint density at radius 3 is 2.75 bits per heavy atom. The van der Waals surface area contributed by atoms with Crippen LogP contribution in [0.3, 0.4) is 0 Å². The summed E-state index contributed by atoms with van der Waals surface area (Å²) in [6, 6.07) is 9.96. The van der Waals surface area contributed by atoms with Crippen molar-refractivity contribution in [1.29, 1.82) is 0 Å². The number of hydrogen-bond acceptors (Lipinski definition) is 3. The van der Waals surface area contributed by atoms with Crippen molar-refractivity contribution in [2.45, 2.75) is 21.8 Å². The van der Waals surface area contributed by atoms with Crippen LogP contribution in [-0.4, -0.2) is 15.2 Å². The second kappa shape index (κ2) is 4.97. The van der Waals surface area contributed by atoms with Gasteiger partial charge in [-0.1, -0.05) is 24.3 Å². The summed E-state index contributed by atoms with van der Waals surface area (Å²) in [7, 11) is 0. The maximum atomic E-state index is 10.9. The van der Waals surface area contributed by atoms with Gasteiger partial charge in [0, 0.05) is 4.90 Å². The SMILES string of the molecule is O=C(O)CC1(Sc2ccccc2)CC=CS1. The van der Waals surface area contributed by atoms with Gasteiger partial charge in [-0.15, -0.1) is 23.5 Å². The second-order valence-electron chi connectivity index (χ2n) is 3.59. The Kier molecular flexibility index (Phi) is 3.61. The summed E-state index contributed by atoms with van der Waals surface area (Å²) in [4.78, 5) is 12.0. The van der Waals surface area contributed by atoms with Gasteiger partial charge in [0.05, 0.1) is 10.5 Å². The fourth-order valence-electron chi connectivity index (χ4n) is 1.60. The fraction of sp³-hybridized carbons (Fsp3) is 0.250. The molecule has 1 heterocycles. The van der Waals surface area contributed by atoms with Gasteiger partial charge in [0.15, 0.2) is 0 Å². The molecule has 1 aromatic rings. The average molecular weight is 252 g/mol. The summed E-state index contributed by atoms with van der Waals surface area (Å²) >= 11 is 3.26. The molecule has 0 saturated heterocycles. The van der Waals surface area contributed by atoms with Crippen LogP contribution in [0.25, 0.3) is 0 Å². The van der Waals surface area contributed by atoms with Crippen LogP contribution >= 0.6 is 23.5 Å². The third-order valence-electron chi connectivity index (χ3n) is 2.28. The van der Waals surface area contributed by atoms with Crippen LogP contribution in [0.5, 0.6) is 0 Å². The molecule has 0 aliphatic carbocycles. The molecule has 1 aliphatic rings. The summed E-state index contributed by atoms with van der Waals surface area (Å²) in [5.41, 5.74) is 0. The molecule has 4 heteroatoms. The van der Waals surface area contributed by atoms with Crippen LogP contribution < -0.4 is 0 Å². The highest BCUT2D eigenvalue weighted by atomic mass is 32.2. The summed E-state index contributed by atoms with van der Waals surface area (Å²) < 4.78 is -0.257. The van der Waals surface area contributed by atoms with E-state index < -0.39 is 5.97 Å². The van der Waals surface area contributed by atoms with E-state index in [1.165, 1.54) is 0 Å². The zero-order chi connectivity index (χ0) is 11.4. The van der Waals surface area contributed by atoms with Crippen molar-refractivity contribution in [3.05, 3.63) is 41.8 Å². The van der Waals surface area contributed by atoms with E-state index in [-0.39, 0.29) is 10.5 Å². The number of rotatable bonds is 4. The molecule has 0 saturated carbocycles. The number of thioether (sulfide) groups is 2. The number of carboxylic acids is 1. The highest BCUT2D eigenvalue weighted by Gasteiger charge is 2.35. The van der Waals surface area contributed by atoms with Crippen LogP contribution in [0.15, 0.2) is 46.7 Å². The minimum atomic E-state index is -0.736. The molecule has 16 heavy (non-hydrogen) atoms. The smallest absolute Gasteiger partial charge is 0.305 e. The summed E-state index contributed by atoms with van der Waals surface area (Å²) in [5, 5.41) is 11.0. The van der Waals surface area contributed by atoms with Gasteiger partial charge in [0.25, 0.3) is 0 Å². The number of benzene rings is 1. The van der Waals surface area contributed by atoms with E-state index in [1.807, 2.05) is 41.8 Å². The second-order valence-corrected chi connectivity index (χ2v) is 6.59. The molecule has 84 valence electrons. The Bertz CT molecular complexity index is 393. The van der Waals surface area contributed by atoms with Crippen LogP contribution in [0.4, 0.5) is 0 Å². The Balaban J connectivity index is 2.12. The van der Waals surface area contributed by atoms with Crippen molar-refractivity contribution in [1.82, 2.24) is 0 Å². The van der Waals surface area contributed by atoms with E-state index in [0.717, 1.165) is 11.3 Å². The number of carboxylic acid groups (broad SMARTS) is 1.